The lowest BCUT2D eigenvalue weighted by Crippen LogP contribution is -2.23. The van der Waals surface area contributed by atoms with Crippen LogP contribution in [0.3, 0.4) is 0 Å². The molecule has 1 fully saturated rings. The molecule has 4 rings (SSSR count). The molecule has 0 saturated carbocycles. The molecule has 0 atom stereocenters. The maximum absolute atomic E-state index is 11.9. The Morgan fingerprint density at radius 3 is 2.43 bits per heavy atom. The summed E-state index contributed by atoms with van der Waals surface area (Å²) in [7, 11) is 0. The van der Waals surface area contributed by atoms with E-state index in [0.29, 0.717) is 24.2 Å². The van der Waals surface area contributed by atoms with Crippen molar-refractivity contribution in [2.45, 2.75) is 0 Å². The highest BCUT2D eigenvalue weighted by Crippen LogP contribution is 2.27. The van der Waals surface area contributed by atoms with Crippen molar-refractivity contribution >= 4 is 22.6 Å². The summed E-state index contributed by atoms with van der Waals surface area (Å²) in [6, 6.07) is 14.8. The monoisotopic (exact) mass is 307 g/mol. The molecule has 6 nitrogen and oxygen atoms in total. The number of cyclic esters (lactones) is 1. The predicted molar refractivity (Wildman–Crippen MR) is 86.5 cm³/mol. The van der Waals surface area contributed by atoms with Crippen LogP contribution in [0.5, 0.6) is 0 Å². The standard InChI is InChI=1S/C17H13N3O3/c21-16-14-4-2-1-3-13(14)15(18-19-16)11-5-7-12(8-6-11)20-9-10-23-17(20)22/h1-8H,9-10H2,(H,19,21). The van der Waals surface area contributed by atoms with E-state index < -0.39 is 0 Å². The number of ether oxygens (including phenoxy) is 1. The van der Waals surface area contributed by atoms with Crippen molar-refractivity contribution in [2.24, 2.45) is 0 Å². The molecule has 1 aromatic heterocycles. The van der Waals surface area contributed by atoms with Crippen molar-refractivity contribution in [3.8, 4) is 11.3 Å². The Morgan fingerprint density at radius 1 is 1.00 bits per heavy atom. The second kappa shape index (κ2) is 5.24. The number of hydrogen-bond donors (Lipinski definition) is 1. The number of rotatable bonds is 2. The number of hydrogen-bond acceptors (Lipinski definition) is 4. The first-order valence-electron chi connectivity index (χ1n) is 7.26. The van der Waals surface area contributed by atoms with Gasteiger partial charge < -0.3 is 4.74 Å². The molecule has 6 heteroatoms. The fraction of sp³-hybridized carbons (Fsp3) is 0.118. The SMILES string of the molecule is O=C1OCCN1c1ccc(-c2n[nH]c(=O)c3ccccc23)cc1. The summed E-state index contributed by atoms with van der Waals surface area (Å²) in [6.07, 6.45) is -0.328. The highest BCUT2D eigenvalue weighted by molar-refractivity contribution is 5.94. The Morgan fingerprint density at radius 2 is 1.74 bits per heavy atom. The number of fused-ring (bicyclic) bond motifs is 1. The van der Waals surface area contributed by atoms with Crippen LogP contribution in [0.15, 0.2) is 53.3 Å². The molecule has 1 N–H and O–H groups in total. The number of benzene rings is 2. The first-order valence-corrected chi connectivity index (χ1v) is 7.26. The molecule has 1 aliphatic rings. The fourth-order valence-corrected chi connectivity index (χ4v) is 2.76. The largest absolute Gasteiger partial charge is 0.447 e. The van der Waals surface area contributed by atoms with Crippen molar-refractivity contribution in [1.82, 2.24) is 10.2 Å². The van der Waals surface area contributed by atoms with Gasteiger partial charge in [0.1, 0.15) is 6.61 Å². The number of amides is 1. The van der Waals surface area contributed by atoms with Crippen molar-refractivity contribution in [1.29, 1.82) is 0 Å². The molecule has 0 spiro atoms. The van der Waals surface area contributed by atoms with Crippen LogP contribution >= 0.6 is 0 Å². The average molecular weight is 307 g/mol. The second-order valence-electron chi connectivity index (χ2n) is 5.26. The fourth-order valence-electron chi connectivity index (χ4n) is 2.76. The summed E-state index contributed by atoms with van der Waals surface area (Å²) < 4.78 is 4.94. The molecule has 2 aromatic carbocycles. The van der Waals surface area contributed by atoms with E-state index in [1.54, 1.807) is 11.0 Å². The number of carbonyl (C=O) groups is 1. The van der Waals surface area contributed by atoms with Crippen molar-refractivity contribution < 1.29 is 9.53 Å². The Labute approximate surface area is 131 Å². The molecule has 3 aromatic rings. The first-order chi connectivity index (χ1) is 11.2. The molecule has 0 bridgehead atoms. The molecule has 2 heterocycles. The number of anilines is 1. The van der Waals surface area contributed by atoms with Gasteiger partial charge in [-0.15, -0.1) is 0 Å². The molecule has 0 radical (unpaired) electrons. The second-order valence-corrected chi connectivity index (χ2v) is 5.26. The summed E-state index contributed by atoms with van der Waals surface area (Å²) in [5.41, 5.74) is 2.15. The minimum Gasteiger partial charge on any atom is -0.447 e. The van der Waals surface area contributed by atoms with E-state index in [0.717, 1.165) is 16.6 Å². The Kier molecular flexibility index (Phi) is 3.08. The van der Waals surface area contributed by atoms with Gasteiger partial charge in [-0.1, -0.05) is 30.3 Å². The topological polar surface area (TPSA) is 75.3 Å². The van der Waals surface area contributed by atoms with E-state index in [2.05, 4.69) is 10.2 Å². The quantitative estimate of drug-likeness (QED) is 0.789. The van der Waals surface area contributed by atoms with Gasteiger partial charge >= 0.3 is 6.09 Å². The zero-order chi connectivity index (χ0) is 15.8. The van der Waals surface area contributed by atoms with E-state index >= 15 is 0 Å². The van der Waals surface area contributed by atoms with Crippen molar-refractivity contribution in [3.05, 3.63) is 58.9 Å². The lowest BCUT2D eigenvalue weighted by atomic mass is 10.0. The predicted octanol–water partition coefficient (Wildman–Crippen LogP) is 2.55. The van der Waals surface area contributed by atoms with E-state index in [1.807, 2.05) is 42.5 Å². The maximum Gasteiger partial charge on any atom is 0.414 e. The molecule has 1 aliphatic heterocycles. The number of nitrogens with one attached hydrogen (secondary N) is 1. The maximum atomic E-state index is 11.9. The lowest BCUT2D eigenvalue weighted by molar-refractivity contribution is 0.181. The third-order valence-corrected chi connectivity index (χ3v) is 3.91. The molecular formula is C17H13N3O3. The molecule has 114 valence electrons. The van der Waals surface area contributed by atoms with Crippen LogP contribution in [0.4, 0.5) is 10.5 Å². The number of nitrogens with zero attached hydrogens (tertiary/aromatic N) is 2. The van der Waals surface area contributed by atoms with Gasteiger partial charge in [0, 0.05) is 16.6 Å². The van der Waals surface area contributed by atoms with E-state index in [1.165, 1.54) is 0 Å². The van der Waals surface area contributed by atoms with E-state index in [4.69, 9.17) is 4.74 Å². The summed E-state index contributed by atoms with van der Waals surface area (Å²) in [5, 5.41) is 8.10. The van der Waals surface area contributed by atoms with Crippen molar-refractivity contribution in [3.63, 3.8) is 0 Å². The van der Waals surface area contributed by atoms with Crippen LogP contribution in [-0.4, -0.2) is 29.4 Å². The average Bonchev–Trinajstić information content (AvgIpc) is 3.02. The summed E-state index contributed by atoms with van der Waals surface area (Å²) in [4.78, 5) is 25.0. The number of aromatic amines is 1. The summed E-state index contributed by atoms with van der Waals surface area (Å²) in [6.45, 7) is 0.963. The van der Waals surface area contributed by atoms with Gasteiger partial charge in [-0.3, -0.25) is 9.69 Å². The van der Waals surface area contributed by atoms with Crippen LogP contribution in [0.2, 0.25) is 0 Å². The van der Waals surface area contributed by atoms with Gasteiger partial charge in [-0.25, -0.2) is 9.89 Å². The zero-order valence-electron chi connectivity index (χ0n) is 12.2. The van der Waals surface area contributed by atoms with Gasteiger partial charge in [-0.05, 0) is 18.2 Å². The van der Waals surface area contributed by atoms with Crippen LogP contribution < -0.4 is 10.5 Å². The highest BCUT2D eigenvalue weighted by Gasteiger charge is 2.23. The third-order valence-electron chi connectivity index (χ3n) is 3.91. The van der Waals surface area contributed by atoms with Gasteiger partial charge in [0.15, 0.2) is 0 Å². The van der Waals surface area contributed by atoms with Gasteiger partial charge in [-0.2, -0.15) is 5.10 Å². The molecule has 1 saturated heterocycles. The Hall–Kier alpha value is -3.15. The Balaban J connectivity index is 1.78. The van der Waals surface area contributed by atoms with Crippen LogP contribution in [-0.2, 0) is 4.74 Å². The van der Waals surface area contributed by atoms with E-state index in [9.17, 15) is 9.59 Å². The minimum absolute atomic E-state index is 0.208. The number of carbonyl (C=O) groups excluding carboxylic acids is 1. The normalized spacial score (nSPS) is 14.3. The smallest absolute Gasteiger partial charge is 0.414 e. The lowest BCUT2D eigenvalue weighted by Gasteiger charge is -2.13. The molecule has 23 heavy (non-hydrogen) atoms. The molecular weight excluding hydrogens is 294 g/mol. The molecule has 0 aliphatic carbocycles. The summed E-state index contributed by atoms with van der Waals surface area (Å²) in [5.74, 6) is 0. The van der Waals surface area contributed by atoms with Crippen LogP contribution in [0.25, 0.3) is 22.0 Å². The number of H-pyrrole nitrogens is 1. The number of aromatic nitrogens is 2. The first kappa shape index (κ1) is 13.5. The minimum atomic E-state index is -0.328. The van der Waals surface area contributed by atoms with Gasteiger partial charge in [0.05, 0.1) is 17.6 Å². The van der Waals surface area contributed by atoms with Crippen LogP contribution in [0, 0.1) is 0 Å². The van der Waals surface area contributed by atoms with Crippen LogP contribution in [0.1, 0.15) is 0 Å². The Bertz CT molecular complexity index is 947. The van der Waals surface area contributed by atoms with Gasteiger partial charge in [0.25, 0.3) is 5.56 Å². The van der Waals surface area contributed by atoms with Gasteiger partial charge in [0.2, 0.25) is 0 Å². The highest BCUT2D eigenvalue weighted by atomic mass is 16.6. The van der Waals surface area contributed by atoms with E-state index in [-0.39, 0.29) is 11.7 Å². The zero-order valence-corrected chi connectivity index (χ0v) is 12.2. The summed E-state index contributed by atoms with van der Waals surface area (Å²) >= 11 is 0. The molecule has 0 unspecified atom stereocenters. The van der Waals surface area contributed by atoms with Crippen molar-refractivity contribution in [2.75, 3.05) is 18.1 Å². The molecule has 1 amide bonds. The third kappa shape index (κ3) is 2.24.